The number of hydrogen-bond donors (Lipinski definition) is 1. The molecule has 0 spiro atoms. The molecule has 0 heterocycles. The van der Waals surface area contributed by atoms with Gasteiger partial charge >= 0.3 is 0 Å². The largest absolute Gasteiger partial charge is 0.490 e. The molecule has 20 heavy (non-hydrogen) atoms. The van der Waals surface area contributed by atoms with Crippen molar-refractivity contribution >= 4 is 29.0 Å². The maximum Gasteiger partial charge on any atom is 0.131 e. The van der Waals surface area contributed by atoms with Gasteiger partial charge in [0.2, 0.25) is 0 Å². The third kappa shape index (κ3) is 3.67. The Morgan fingerprint density at radius 2 is 2.25 bits per heavy atom. The molecule has 0 bridgehead atoms. The summed E-state index contributed by atoms with van der Waals surface area (Å²) in [7, 11) is 0. The standard InChI is InChI=1S/C16H23NOS2/c1-3-11-6-4-7-12(10-11)18-13-8-5-9-14(20-2)15(13)16(17)19/h5,8-9,11-12H,3-4,6-7,10H2,1-2H3,(H2,17,19). The van der Waals surface area contributed by atoms with Crippen LogP contribution < -0.4 is 10.5 Å². The van der Waals surface area contributed by atoms with E-state index in [9.17, 15) is 0 Å². The summed E-state index contributed by atoms with van der Waals surface area (Å²) in [5, 5.41) is 0. The van der Waals surface area contributed by atoms with Crippen molar-refractivity contribution in [2.45, 2.75) is 50.0 Å². The molecular weight excluding hydrogens is 286 g/mol. The predicted octanol–water partition coefficient (Wildman–Crippen LogP) is 4.39. The van der Waals surface area contributed by atoms with Crippen LogP contribution in [-0.4, -0.2) is 17.3 Å². The fourth-order valence-corrected chi connectivity index (χ4v) is 3.83. The van der Waals surface area contributed by atoms with Crippen molar-refractivity contribution in [3.8, 4) is 5.75 Å². The average molecular weight is 310 g/mol. The Labute approximate surface area is 131 Å². The topological polar surface area (TPSA) is 35.2 Å². The minimum atomic E-state index is 0.305. The van der Waals surface area contributed by atoms with Gasteiger partial charge in [0.15, 0.2) is 0 Å². The number of hydrogen-bond acceptors (Lipinski definition) is 3. The summed E-state index contributed by atoms with van der Waals surface area (Å²) in [6.45, 7) is 2.27. The maximum absolute atomic E-state index is 6.24. The van der Waals surface area contributed by atoms with Crippen molar-refractivity contribution in [3.63, 3.8) is 0 Å². The summed E-state index contributed by atoms with van der Waals surface area (Å²) < 4.78 is 6.24. The summed E-state index contributed by atoms with van der Waals surface area (Å²) in [5.41, 5.74) is 6.78. The molecule has 1 aliphatic carbocycles. The van der Waals surface area contributed by atoms with E-state index in [0.717, 1.165) is 35.0 Å². The van der Waals surface area contributed by atoms with Crippen LogP contribution in [0, 0.1) is 5.92 Å². The molecule has 0 amide bonds. The number of nitrogens with two attached hydrogens (primary N) is 1. The molecule has 2 atom stereocenters. The summed E-state index contributed by atoms with van der Waals surface area (Å²) in [4.78, 5) is 1.52. The van der Waals surface area contributed by atoms with Gasteiger partial charge in [0, 0.05) is 4.90 Å². The smallest absolute Gasteiger partial charge is 0.131 e. The molecule has 110 valence electrons. The van der Waals surface area contributed by atoms with Gasteiger partial charge in [-0.1, -0.05) is 38.0 Å². The van der Waals surface area contributed by atoms with E-state index >= 15 is 0 Å². The van der Waals surface area contributed by atoms with Crippen LogP contribution in [0.2, 0.25) is 0 Å². The first-order valence-corrected chi connectivity index (χ1v) is 8.92. The molecule has 4 heteroatoms. The van der Waals surface area contributed by atoms with Crippen LogP contribution in [-0.2, 0) is 0 Å². The molecule has 0 radical (unpaired) electrons. The van der Waals surface area contributed by atoms with Crippen LogP contribution in [0.4, 0.5) is 0 Å². The lowest BCUT2D eigenvalue weighted by molar-refractivity contribution is 0.121. The molecule has 1 aromatic carbocycles. The van der Waals surface area contributed by atoms with E-state index in [1.54, 1.807) is 11.8 Å². The Morgan fingerprint density at radius 3 is 2.90 bits per heavy atom. The van der Waals surface area contributed by atoms with E-state index < -0.39 is 0 Å². The van der Waals surface area contributed by atoms with Gasteiger partial charge in [0.05, 0.1) is 11.7 Å². The molecule has 2 N–H and O–H groups in total. The lowest BCUT2D eigenvalue weighted by Gasteiger charge is -2.29. The van der Waals surface area contributed by atoms with E-state index in [-0.39, 0.29) is 0 Å². The molecule has 2 unspecified atom stereocenters. The van der Waals surface area contributed by atoms with Crippen molar-refractivity contribution in [2.75, 3.05) is 6.26 Å². The number of thioether (sulfide) groups is 1. The highest BCUT2D eigenvalue weighted by atomic mass is 32.2. The van der Waals surface area contributed by atoms with Crippen molar-refractivity contribution in [2.24, 2.45) is 11.7 Å². The van der Waals surface area contributed by atoms with Gasteiger partial charge in [-0.15, -0.1) is 11.8 Å². The fourth-order valence-electron chi connectivity index (χ4n) is 2.92. The number of ether oxygens (including phenoxy) is 1. The van der Waals surface area contributed by atoms with Crippen molar-refractivity contribution in [3.05, 3.63) is 23.8 Å². The van der Waals surface area contributed by atoms with E-state index in [1.165, 1.54) is 19.3 Å². The van der Waals surface area contributed by atoms with Gasteiger partial charge in [-0.2, -0.15) is 0 Å². The van der Waals surface area contributed by atoms with Gasteiger partial charge in [-0.05, 0) is 43.6 Å². The quantitative estimate of drug-likeness (QED) is 0.646. The second kappa shape index (κ2) is 7.32. The first-order chi connectivity index (χ1) is 9.65. The lowest BCUT2D eigenvalue weighted by Crippen LogP contribution is -2.26. The van der Waals surface area contributed by atoms with Crippen LogP contribution in [0.5, 0.6) is 5.75 Å². The third-order valence-corrected chi connectivity index (χ3v) is 5.04. The van der Waals surface area contributed by atoms with Crippen molar-refractivity contribution < 1.29 is 4.74 Å². The van der Waals surface area contributed by atoms with Crippen LogP contribution in [0.15, 0.2) is 23.1 Å². The molecule has 2 nitrogen and oxygen atoms in total. The number of thiocarbonyl (C=S) groups is 1. The van der Waals surface area contributed by atoms with Crippen molar-refractivity contribution in [1.82, 2.24) is 0 Å². The molecule has 1 aliphatic rings. The molecule has 1 aromatic rings. The first kappa shape index (κ1) is 15.6. The van der Waals surface area contributed by atoms with Gasteiger partial charge in [-0.3, -0.25) is 0 Å². The van der Waals surface area contributed by atoms with E-state index in [4.69, 9.17) is 22.7 Å². The molecule has 0 aliphatic heterocycles. The zero-order valence-corrected chi connectivity index (χ0v) is 13.9. The summed E-state index contributed by atoms with van der Waals surface area (Å²) in [6, 6.07) is 6.05. The molecule has 0 saturated heterocycles. The summed E-state index contributed by atoms with van der Waals surface area (Å²) >= 11 is 6.86. The zero-order valence-electron chi connectivity index (χ0n) is 12.2. The number of benzene rings is 1. The Balaban J connectivity index is 2.18. The maximum atomic E-state index is 6.24. The van der Waals surface area contributed by atoms with Gasteiger partial charge < -0.3 is 10.5 Å². The predicted molar refractivity (Wildman–Crippen MR) is 90.8 cm³/mol. The normalized spacial score (nSPS) is 22.5. The second-order valence-corrected chi connectivity index (χ2v) is 6.67. The molecule has 0 aromatic heterocycles. The molecular formula is C16H23NOS2. The van der Waals surface area contributed by atoms with Crippen molar-refractivity contribution in [1.29, 1.82) is 0 Å². The highest BCUT2D eigenvalue weighted by molar-refractivity contribution is 7.98. The summed E-state index contributed by atoms with van der Waals surface area (Å²) in [5.74, 6) is 1.65. The summed E-state index contributed by atoms with van der Waals surface area (Å²) in [6.07, 6.45) is 8.46. The van der Waals surface area contributed by atoms with Crippen LogP contribution in [0.25, 0.3) is 0 Å². The van der Waals surface area contributed by atoms with Crippen LogP contribution in [0.3, 0.4) is 0 Å². The zero-order chi connectivity index (χ0) is 14.5. The van der Waals surface area contributed by atoms with Crippen LogP contribution >= 0.6 is 24.0 Å². The SMILES string of the molecule is CCC1CCCC(Oc2cccc(SC)c2C(N)=S)C1. The van der Waals surface area contributed by atoms with E-state index in [1.807, 2.05) is 24.5 Å². The monoisotopic (exact) mass is 309 g/mol. The highest BCUT2D eigenvalue weighted by Gasteiger charge is 2.23. The van der Waals surface area contributed by atoms with E-state index in [0.29, 0.717) is 11.1 Å². The molecule has 1 saturated carbocycles. The third-order valence-electron chi connectivity index (χ3n) is 4.06. The van der Waals surface area contributed by atoms with Gasteiger partial charge in [-0.25, -0.2) is 0 Å². The van der Waals surface area contributed by atoms with Gasteiger partial charge in [0.1, 0.15) is 10.7 Å². The Morgan fingerprint density at radius 1 is 1.45 bits per heavy atom. The first-order valence-electron chi connectivity index (χ1n) is 7.29. The lowest BCUT2D eigenvalue weighted by atomic mass is 9.85. The Bertz CT molecular complexity index is 476. The van der Waals surface area contributed by atoms with Gasteiger partial charge in [0.25, 0.3) is 0 Å². The van der Waals surface area contributed by atoms with Crippen LogP contribution in [0.1, 0.15) is 44.6 Å². The highest BCUT2D eigenvalue weighted by Crippen LogP contribution is 2.33. The minimum Gasteiger partial charge on any atom is -0.490 e. The molecule has 1 fully saturated rings. The average Bonchev–Trinajstić information content (AvgIpc) is 2.46. The van der Waals surface area contributed by atoms with E-state index in [2.05, 4.69) is 6.92 Å². The Hall–Kier alpha value is -0.740. The minimum absolute atomic E-state index is 0.305. The number of rotatable bonds is 5. The molecule has 2 rings (SSSR count). The second-order valence-electron chi connectivity index (χ2n) is 5.38. The fraction of sp³-hybridized carbons (Fsp3) is 0.562. The Kier molecular flexibility index (Phi) is 5.73.